The molecule has 0 saturated heterocycles. The third-order valence-corrected chi connectivity index (χ3v) is 1.78. The molecular weight excluding hydrogens is 186 g/mol. The number of nitrogens with one attached hydrogen (secondary N) is 1. The molecule has 0 unspecified atom stereocenters. The van der Waals surface area contributed by atoms with Gasteiger partial charge in [0, 0.05) is 0 Å². The van der Waals surface area contributed by atoms with Gasteiger partial charge < -0.3 is 0 Å². The molecule has 0 aliphatic heterocycles. The maximum atomic E-state index is 10.2. The number of hydrogen-bond donors (Lipinski definition) is 2. The first-order valence-corrected chi connectivity index (χ1v) is 4.32. The van der Waals surface area contributed by atoms with E-state index in [2.05, 4.69) is 10.8 Å². The molecule has 1 aromatic carbocycles. The Morgan fingerprint density at radius 2 is 2.27 bits per heavy atom. The van der Waals surface area contributed by atoms with Gasteiger partial charge in [-0.05, 0) is 18.2 Å². The quantitative estimate of drug-likeness (QED) is 0.686. The van der Waals surface area contributed by atoms with Crippen molar-refractivity contribution in [3.05, 3.63) is 29.3 Å². The maximum absolute atomic E-state index is 10.2. The maximum Gasteiger partial charge on any atom is 0.222 e. The predicted molar refractivity (Wildman–Crippen MR) is 44.2 cm³/mol. The van der Waals surface area contributed by atoms with E-state index >= 15 is 0 Å². The summed E-state index contributed by atoms with van der Waals surface area (Å²) in [5.41, 5.74) is 0.352. The fourth-order valence-corrected chi connectivity index (χ4v) is 1.21. The summed E-state index contributed by atoms with van der Waals surface area (Å²) < 4.78 is 22.5. The molecule has 1 N–H and O–H groups in total. The van der Waals surface area contributed by atoms with Crippen LogP contribution in [-0.2, 0) is 10.9 Å². The van der Waals surface area contributed by atoms with Crippen LogP contribution in [0.5, 0.6) is 0 Å². The molecule has 1 rings (SSSR count). The average molecular weight is 191 g/mol. The molecule has 0 aliphatic carbocycles. The Morgan fingerprint density at radius 3 is 2.82 bits per heavy atom. The predicted octanol–water partition coefficient (Wildman–Crippen LogP) is 1.08. The van der Waals surface area contributed by atoms with Crippen LogP contribution in [0.4, 0.5) is 5.69 Å². The number of benzene rings is 1. The average Bonchev–Trinajstić information content (AvgIpc) is 1.93. The van der Waals surface area contributed by atoms with Crippen LogP contribution in [0.2, 0.25) is 5.02 Å². The van der Waals surface area contributed by atoms with Crippen molar-refractivity contribution in [2.24, 2.45) is 0 Å². The summed E-state index contributed by atoms with van der Waals surface area (Å²) in [7, 11) is -2.65. The second kappa shape index (κ2) is 3.59. The molecule has 3 nitrogen and oxygen atoms in total. The molecule has 0 saturated carbocycles. The fraction of sp³-hybridized carbons (Fsp3) is 0. The van der Waals surface area contributed by atoms with Crippen molar-refractivity contribution in [1.82, 2.24) is 0 Å². The Bertz CT molecular complexity index is 316. The van der Waals surface area contributed by atoms with Gasteiger partial charge in [0.2, 0.25) is 10.9 Å². The largest absolute Gasteiger partial charge is 0.284 e. The monoisotopic (exact) mass is 190 g/mol. The molecule has 59 valence electrons. The van der Waals surface area contributed by atoms with Crippen LogP contribution >= 0.6 is 11.6 Å². The SMILES string of the molecule is O=[SH](=O)Nc1c[c]ccc1Cl. The lowest BCUT2D eigenvalue weighted by Crippen LogP contribution is -1.94. The lowest BCUT2D eigenvalue weighted by Gasteiger charge is -1.98. The molecule has 0 fully saturated rings. The number of anilines is 1. The molecule has 0 atom stereocenters. The van der Waals surface area contributed by atoms with Crippen LogP contribution in [0.15, 0.2) is 18.2 Å². The zero-order chi connectivity index (χ0) is 8.27. The van der Waals surface area contributed by atoms with Gasteiger partial charge in [-0.1, -0.05) is 17.7 Å². The zero-order valence-corrected chi connectivity index (χ0v) is 7.02. The van der Waals surface area contributed by atoms with Gasteiger partial charge in [-0.25, -0.2) is 8.42 Å². The third kappa shape index (κ3) is 2.40. The van der Waals surface area contributed by atoms with Crippen molar-refractivity contribution in [2.45, 2.75) is 0 Å². The topological polar surface area (TPSA) is 46.2 Å². The van der Waals surface area contributed by atoms with Crippen molar-refractivity contribution in [3.8, 4) is 0 Å². The van der Waals surface area contributed by atoms with Crippen molar-refractivity contribution in [3.63, 3.8) is 0 Å². The second-order valence-corrected chi connectivity index (χ2v) is 2.92. The molecule has 0 aromatic heterocycles. The number of rotatable bonds is 2. The highest BCUT2D eigenvalue weighted by Gasteiger charge is 1.96. The minimum absolute atomic E-state index is 0.352. The summed E-state index contributed by atoms with van der Waals surface area (Å²) in [6, 6.07) is 7.32. The lowest BCUT2D eigenvalue weighted by molar-refractivity contribution is 0.619. The van der Waals surface area contributed by atoms with E-state index in [1.807, 2.05) is 0 Å². The summed E-state index contributed by atoms with van der Waals surface area (Å²) in [6.07, 6.45) is 0. The first-order valence-electron chi connectivity index (χ1n) is 2.77. The van der Waals surface area contributed by atoms with Crippen molar-refractivity contribution >= 4 is 28.2 Å². The van der Waals surface area contributed by atoms with Gasteiger partial charge in [-0.15, -0.1) is 0 Å². The van der Waals surface area contributed by atoms with Crippen molar-refractivity contribution in [2.75, 3.05) is 4.72 Å². The Kier molecular flexibility index (Phi) is 2.73. The van der Waals surface area contributed by atoms with Gasteiger partial charge in [-0.3, -0.25) is 4.72 Å². The standard InChI is InChI=1S/C6H5ClNO2S/c7-5-3-1-2-4-6(5)8-11(9)10/h1,3-4,11H,(H,8,9,10). The first-order chi connectivity index (χ1) is 5.20. The second-order valence-electron chi connectivity index (χ2n) is 1.77. The first kappa shape index (κ1) is 8.36. The summed E-state index contributed by atoms with van der Waals surface area (Å²) >= 11 is 5.62. The molecule has 0 amide bonds. The van der Waals surface area contributed by atoms with Crippen LogP contribution in [-0.4, -0.2) is 8.42 Å². The normalized spacial score (nSPS) is 10.0. The Balaban J connectivity index is 2.94. The van der Waals surface area contributed by atoms with E-state index in [-0.39, 0.29) is 0 Å². The Hall–Kier alpha value is -0.740. The number of hydrogen-bond acceptors (Lipinski definition) is 2. The van der Waals surface area contributed by atoms with Crippen LogP contribution in [0.3, 0.4) is 0 Å². The van der Waals surface area contributed by atoms with Crippen molar-refractivity contribution in [1.29, 1.82) is 0 Å². The molecule has 11 heavy (non-hydrogen) atoms. The van der Waals surface area contributed by atoms with E-state index in [4.69, 9.17) is 11.6 Å². The van der Waals surface area contributed by atoms with Crippen LogP contribution in [0, 0.1) is 6.07 Å². The van der Waals surface area contributed by atoms with Crippen LogP contribution in [0.25, 0.3) is 0 Å². The number of thiol groups is 1. The highest BCUT2D eigenvalue weighted by Crippen LogP contribution is 2.19. The van der Waals surface area contributed by atoms with Gasteiger partial charge in [0.25, 0.3) is 0 Å². The molecule has 5 heteroatoms. The molecule has 0 heterocycles. The summed E-state index contributed by atoms with van der Waals surface area (Å²) in [4.78, 5) is 0. The van der Waals surface area contributed by atoms with E-state index in [0.29, 0.717) is 10.7 Å². The van der Waals surface area contributed by atoms with E-state index in [9.17, 15) is 8.42 Å². The fourth-order valence-electron chi connectivity index (χ4n) is 0.595. The van der Waals surface area contributed by atoms with E-state index in [0.717, 1.165) is 0 Å². The van der Waals surface area contributed by atoms with E-state index < -0.39 is 10.9 Å². The van der Waals surface area contributed by atoms with Gasteiger partial charge in [0.05, 0.1) is 10.7 Å². The number of halogens is 1. The van der Waals surface area contributed by atoms with E-state index in [1.54, 1.807) is 12.1 Å². The highest BCUT2D eigenvalue weighted by atomic mass is 35.5. The Labute approximate surface area is 71.1 Å². The molecule has 1 aromatic rings. The minimum atomic E-state index is -2.65. The zero-order valence-electron chi connectivity index (χ0n) is 5.37. The molecule has 0 spiro atoms. The Morgan fingerprint density at radius 1 is 1.55 bits per heavy atom. The van der Waals surface area contributed by atoms with Gasteiger partial charge in [-0.2, -0.15) is 0 Å². The summed E-state index contributed by atoms with van der Waals surface area (Å²) in [6.45, 7) is 0. The molecular formula is C6H5ClNO2S. The molecule has 1 radical (unpaired) electrons. The lowest BCUT2D eigenvalue weighted by atomic mass is 10.3. The van der Waals surface area contributed by atoms with Gasteiger partial charge in [0.1, 0.15) is 0 Å². The molecule has 0 bridgehead atoms. The van der Waals surface area contributed by atoms with Crippen LogP contribution < -0.4 is 4.72 Å². The van der Waals surface area contributed by atoms with Crippen LogP contribution in [0.1, 0.15) is 0 Å². The highest BCUT2D eigenvalue weighted by molar-refractivity contribution is 7.73. The van der Waals surface area contributed by atoms with E-state index in [1.165, 1.54) is 6.07 Å². The minimum Gasteiger partial charge on any atom is -0.284 e. The van der Waals surface area contributed by atoms with Crippen molar-refractivity contribution < 1.29 is 8.42 Å². The molecule has 0 aliphatic rings. The smallest absolute Gasteiger partial charge is 0.222 e. The summed E-state index contributed by atoms with van der Waals surface area (Å²) in [5, 5.41) is 0.364. The van der Waals surface area contributed by atoms with Gasteiger partial charge in [0.15, 0.2) is 0 Å². The van der Waals surface area contributed by atoms with Gasteiger partial charge >= 0.3 is 0 Å². The third-order valence-electron chi connectivity index (χ3n) is 1.02. The summed E-state index contributed by atoms with van der Waals surface area (Å²) in [5.74, 6) is 0.